The van der Waals surface area contributed by atoms with Crippen molar-refractivity contribution in [1.29, 1.82) is 0 Å². The predicted octanol–water partition coefficient (Wildman–Crippen LogP) is 3.87. The third-order valence-corrected chi connectivity index (χ3v) is 5.57. The van der Waals surface area contributed by atoms with Crippen LogP contribution in [0.25, 0.3) is 0 Å². The van der Waals surface area contributed by atoms with E-state index in [4.69, 9.17) is 5.73 Å². The number of rotatable bonds is 7. The van der Waals surface area contributed by atoms with Crippen LogP contribution in [0.5, 0.6) is 0 Å². The smallest absolute Gasteiger partial charge is 0.240 e. The van der Waals surface area contributed by atoms with E-state index in [1.807, 2.05) is 11.8 Å². The Kier molecular flexibility index (Phi) is 5.81. The summed E-state index contributed by atoms with van der Waals surface area (Å²) in [7, 11) is 0. The fourth-order valence-electron chi connectivity index (χ4n) is 3.22. The Bertz CT molecular complexity index is 657. The minimum Gasteiger partial charge on any atom is -0.368 e. The van der Waals surface area contributed by atoms with Gasteiger partial charge in [0.25, 0.3) is 0 Å². The molecule has 0 unspecified atom stereocenters. The first-order valence-corrected chi connectivity index (χ1v) is 9.55. The van der Waals surface area contributed by atoms with Crippen molar-refractivity contribution in [1.82, 2.24) is 0 Å². The van der Waals surface area contributed by atoms with Crippen molar-refractivity contribution in [2.24, 2.45) is 5.73 Å². The number of hydrogen-bond donors (Lipinski definition) is 1. The van der Waals surface area contributed by atoms with Crippen LogP contribution in [0.3, 0.4) is 0 Å². The molecular formula is C20H24N2OS. The van der Waals surface area contributed by atoms with Gasteiger partial charge in [-0.3, -0.25) is 4.79 Å². The van der Waals surface area contributed by atoms with E-state index in [0.717, 1.165) is 37.2 Å². The van der Waals surface area contributed by atoms with Gasteiger partial charge in [-0.05, 0) is 61.3 Å². The molecule has 1 heterocycles. The summed E-state index contributed by atoms with van der Waals surface area (Å²) in [5.41, 5.74) is 8.00. The number of hydrogen-bond acceptors (Lipinski definition) is 3. The average molecular weight is 340 g/mol. The summed E-state index contributed by atoms with van der Waals surface area (Å²) in [4.78, 5) is 14.9. The highest BCUT2D eigenvalue weighted by Crippen LogP contribution is 2.28. The maximum absolute atomic E-state index is 11.5. The Labute approximate surface area is 148 Å². The number of benzene rings is 2. The van der Waals surface area contributed by atoms with E-state index in [1.165, 1.54) is 16.9 Å². The van der Waals surface area contributed by atoms with Gasteiger partial charge in [0.2, 0.25) is 5.91 Å². The summed E-state index contributed by atoms with van der Waals surface area (Å²) >= 11 is 1.89. The van der Waals surface area contributed by atoms with Gasteiger partial charge in [0.1, 0.15) is 6.04 Å². The number of carbonyl (C=O) groups excluding carboxylic acids is 1. The maximum atomic E-state index is 11.5. The van der Waals surface area contributed by atoms with Crippen LogP contribution in [0, 0.1) is 0 Å². The van der Waals surface area contributed by atoms with Crippen LogP contribution in [0.15, 0.2) is 59.5 Å². The molecule has 3 rings (SSSR count). The summed E-state index contributed by atoms with van der Waals surface area (Å²) in [6, 6.07) is 19.0. The lowest BCUT2D eigenvalue weighted by Gasteiger charge is -2.24. The second-order valence-corrected chi connectivity index (χ2v) is 7.35. The quantitative estimate of drug-likeness (QED) is 0.615. The first-order chi connectivity index (χ1) is 11.7. The van der Waals surface area contributed by atoms with Gasteiger partial charge in [-0.1, -0.05) is 30.3 Å². The van der Waals surface area contributed by atoms with Gasteiger partial charge in [0, 0.05) is 17.1 Å². The normalized spacial score (nSPS) is 17.2. The molecule has 2 aromatic rings. The average Bonchev–Trinajstić information content (AvgIpc) is 3.10. The molecule has 2 N–H and O–H groups in total. The van der Waals surface area contributed by atoms with Crippen molar-refractivity contribution < 1.29 is 4.79 Å². The molecule has 3 nitrogen and oxygen atoms in total. The molecule has 126 valence electrons. The Hall–Kier alpha value is -1.94. The number of nitrogens with zero attached hydrogens (tertiary/aromatic N) is 1. The van der Waals surface area contributed by atoms with Crippen molar-refractivity contribution >= 4 is 23.4 Å². The minimum atomic E-state index is -0.216. The Morgan fingerprint density at radius 1 is 1.12 bits per heavy atom. The molecule has 1 amide bonds. The van der Waals surface area contributed by atoms with Gasteiger partial charge in [0.15, 0.2) is 0 Å². The number of thioether (sulfide) groups is 1. The molecule has 4 heteroatoms. The fourth-order valence-corrected chi connectivity index (χ4v) is 4.07. The van der Waals surface area contributed by atoms with Gasteiger partial charge in [0.05, 0.1) is 0 Å². The van der Waals surface area contributed by atoms with Gasteiger partial charge < -0.3 is 10.6 Å². The van der Waals surface area contributed by atoms with Crippen molar-refractivity contribution in [3.63, 3.8) is 0 Å². The highest BCUT2D eigenvalue weighted by Gasteiger charge is 2.28. The van der Waals surface area contributed by atoms with E-state index in [0.29, 0.717) is 0 Å². The van der Waals surface area contributed by atoms with Crippen LogP contribution in [0.2, 0.25) is 0 Å². The monoisotopic (exact) mass is 340 g/mol. The number of aryl methyl sites for hydroxylation is 1. The lowest BCUT2D eigenvalue weighted by molar-refractivity contribution is -0.119. The second kappa shape index (κ2) is 8.25. The molecule has 24 heavy (non-hydrogen) atoms. The number of anilines is 1. The Morgan fingerprint density at radius 3 is 2.58 bits per heavy atom. The predicted molar refractivity (Wildman–Crippen MR) is 101 cm³/mol. The Balaban J connectivity index is 1.49. The van der Waals surface area contributed by atoms with Crippen LogP contribution in [0.4, 0.5) is 5.69 Å². The van der Waals surface area contributed by atoms with Gasteiger partial charge >= 0.3 is 0 Å². The van der Waals surface area contributed by atoms with Crippen molar-refractivity contribution in [2.75, 3.05) is 17.2 Å². The van der Waals surface area contributed by atoms with Crippen LogP contribution < -0.4 is 10.6 Å². The van der Waals surface area contributed by atoms with Gasteiger partial charge in [-0.2, -0.15) is 0 Å². The molecule has 0 aromatic heterocycles. The standard InChI is InChI=1S/C20H24N2OS/c21-20(23)19-9-4-14-22(19)17-10-12-18(13-11-17)24-15-5-8-16-6-2-1-3-7-16/h1-3,6-7,10-13,19H,4-5,8-9,14-15H2,(H2,21,23)/t19-/m1/s1. The summed E-state index contributed by atoms with van der Waals surface area (Å²) in [5, 5.41) is 0. The van der Waals surface area contributed by atoms with Crippen LogP contribution >= 0.6 is 11.8 Å². The zero-order valence-electron chi connectivity index (χ0n) is 13.9. The second-order valence-electron chi connectivity index (χ2n) is 6.19. The molecule has 1 atom stereocenters. The van der Waals surface area contributed by atoms with Crippen LogP contribution in [0.1, 0.15) is 24.8 Å². The van der Waals surface area contributed by atoms with E-state index < -0.39 is 0 Å². The molecule has 1 aliphatic heterocycles. The topological polar surface area (TPSA) is 46.3 Å². The number of carbonyl (C=O) groups is 1. The molecule has 1 saturated heterocycles. The molecule has 1 aliphatic rings. The lowest BCUT2D eigenvalue weighted by Crippen LogP contribution is -2.40. The van der Waals surface area contributed by atoms with E-state index in [2.05, 4.69) is 59.5 Å². The summed E-state index contributed by atoms with van der Waals surface area (Å²) in [6.45, 7) is 0.914. The maximum Gasteiger partial charge on any atom is 0.240 e. The molecule has 1 fully saturated rings. The van der Waals surface area contributed by atoms with E-state index in [9.17, 15) is 4.79 Å². The molecule has 0 aliphatic carbocycles. The van der Waals surface area contributed by atoms with Gasteiger partial charge in [-0.25, -0.2) is 0 Å². The first kappa shape index (κ1) is 16.9. The molecule has 0 bridgehead atoms. The van der Waals surface area contributed by atoms with Crippen molar-refractivity contribution in [3.8, 4) is 0 Å². The largest absolute Gasteiger partial charge is 0.368 e. The van der Waals surface area contributed by atoms with Crippen molar-refractivity contribution in [2.45, 2.75) is 36.6 Å². The molecule has 0 spiro atoms. The SMILES string of the molecule is NC(=O)[C@H]1CCCN1c1ccc(SCCCc2ccccc2)cc1. The Morgan fingerprint density at radius 2 is 1.88 bits per heavy atom. The molecule has 0 saturated carbocycles. The summed E-state index contributed by atoms with van der Waals surface area (Å²) < 4.78 is 0. The zero-order chi connectivity index (χ0) is 16.8. The number of nitrogens with two attached hydrogens (primary N) is 1. The lowest BCUT2D eigenvalue weighted by atomic mass is 10.1. The van der Waals surface area contributed by atoms with Crippen molar-refractivity contribution in [3.05, 3.63) is 60.2 Å². The number of primary amides is 1. The summed E-state index contributed by atoms with van der Waals surface area (Å²) in [5.74, 6) is 0.897. The highest BCUT2D eigenvalue weighted by molar-refractivity contribution is 7.99. The third kappa shape index (κ3) is 4.32. The van der Waals surface area contributed by atoms with Crippen LogP contribution in [-0.2, 0) is 11.2 Å². The molecular weight excluding hydrogens is 316 g/mol. The fraction of sp³-hybridized carbons (Fsp3) is 0.350. The number of amides is 1. The minimum absolute atomic E-state index is 0.144. The van der Waals surface area contributed by atoms with E-state index in [-0.39, 0.29) is 11.9 Å². The van der Waals surface area contributed by atoms with Crippen LogP contribution in [-0.4, -0.2) is 24.2 Å². The highest BCUT2D eigenvalue weighted by atomic mass is 32.2. The third-order valence-electron chi connectivity index (χ3n) is 4.47. The molecule has 2 aromatic carbocycles. The first-order valence-electron chi connectivity index (χ1n) is 8.57. The molecule has 0 radical (unpaired) electrons. The van der Waals surface area contributed by atoms with E-state index >= 15 is 0 Å². The van der Waals surface area contributed by atoms with Gasteiger partial charge in [-0.15, -0.1) is 11.8 Å². The summed E-state index contributed by atoms with van der Waals surface area (Å²) in [6.07, 6.45) is 4.20. The van der Waals surface area contributed by atoms with E-state index in [1.54, 1.807) is 0 Å². The zero-order valence-corrected chi connectivity index (χ0v) is 14.7.